The van der Waals surface area contributed by atoms with Gasteiger partial charge in [0.25, 0.3) is 0 Å². The molecule has 4 nitrogen and oxygen atoms in total. The van der Waals surface area contributed by atoms with Crippen LogP contribution < -0.4 is 9.75 Å². The Kier molecular flexibility index (Phi) is 9.22. The van der Waals surface area contributed by atoms with Crippen molar-refractivity contribution in [3.05, 3.63) is 114 Å². The van der Waals surface area contributed by atoms with Gasteiger partial charge in [-0.3, -0.25) is 0 Å². The first-order valence-electron chi connectivity index (χ1n) is 20.0. The molecule has 52 heavy (non-hydrogen) atoms. The van der Waals surface area contributed by atoms with E-state index >= 15 is 0 Å². The molecule has 2 atom stereocenters. The van der Waals surface area contributed by atoms with Crippen LogP contribution in [0.1, 0.15) is 99.2 Å². The van der Waals surface area contributed by atoms with Gasteiger partial charge in [-0.25, -0.2) is 4.98 Å². The maximum Gasteiger partial charge on any atom is 0.247 e. The van der Waals surface area contributed by atoms with Gasteiger partial charge in [-0.2, -0.15) is 9.14 Å². The number of rotatable bonds is 8. The summed E-state index contributed by atoms with van der Waals surface area (Å²) >= 11 is 0. The summed E-state index contributed by atoms with van der Waals surface area (Å²) in [6.07, 6.45) is 15.2. The van der Waals surface area contributed by atoms with Crippen molar-refractivity contribution in [1.29, 1.82) is 0 Å². The summed E-state index contributed by atoms with van der Waals surface area (Å²) in [6, 6.07) is 20.9. The molecule has 5 heteroatoms. The Morgan fingerprint density at radius 1 is 1.00 bits per heavy atom. The standard InChI is InChI=1S/C47H57N3OSi/c1-9-25-49-31(5)45-38(22-19-33-20-23-39-40-24-21-35(26-30(3)4)48-47(40)51-46(39)44(33)41(49)10-2)36-17-13-14-18-37(36)42-28-34(27-32-15-11-12-16-32)43(29-50(42)45)52(6,7)8/h10,13-14,17-18,20-21,23-24,28-30,32,38,45H,2,5,9,11-12,15-16,19,22,25-27H2,1,3-4,6-8H3/q+2/b49-41-. The number of aryl methyl sites for hydroxylation is 1. The Morgan fingerprint density at radius 3 is 2.50 bits per heavy atom. The van der Waals surface area contributed by atoms with E-state index in [9.17, 15) is 0 Å². The van der Waals surface area contributed by atoms with Crippen LogP contribution in [0, 0.1) is 11.8 Å². The minimum Gasteiger partial charge on any atom is -0.437 e. The fraction of sp³-hybridized carbons (Fsp3) is 0.426. The number of fused-ring (bicyclic) bond motifs is 11. The average Bonchev–Trinajstić information content (AvgIpc) is 3.77. The van der Waals surface area contributed by atoms with Crippen LogP contribution in [0.25, 0.3) is 33.3 Å². The zero-order chi connectivity index (χ0) is 36.3. The van der Waals surface area contributed by atoms with E-state index in [0.29, 0.717) is 5.92 Å². The summed E-state index contributed by atoms with van der Waals surface area (Å²) in [5.74, 6) is 1.61. The largest absolute Gasteiger partial charge is 0.437 e. The monoisotopic (exact) mass is 707 g/mol. The first kappa shape index (κ1) is 35.0. The third-order valence-electron chi connectivity index (χ3n) is 12.2. The molecule has 0 saturated heterocycles. The van der Waals surface area contributed by atoms with Gasteiger partial charge in [0.05, 0.1) is 19.6 Å². The second-order valence-electron chi connectivity index (χ2n) is 17.4. The number of allylic oxidation sites excluding steroid dienone is 2. The summed E-state index contributed by atoms with van der Waals surface area (Å²) in [6.45, 7) is 24.7. The van der Waals surface area contributed by atoms with Crippen LogP contribution >= 0.6 is 0 Å². The Balaban J connectivity index is 1.36. The average molecular weight is 708 g/mol. The van der Waals surface area contributed by atoms with Crippen molar-refractivity contribution < 1.29 is 13.6 Å². The third-order valence-corrected chi connectivity index (χ3v) is 14.2. The van der Waals surface area contributed by atoms with Crippen LogP contribution in [-0.2, 0) is 19.3 Å². The number of nitrogens with zero attached hydrogens (tertiary/aromatic N) is 3. The summed E-state index contributed by atoms with van der Waals surface area (Å²) in [5.41, 5.74) is 13.2. The molecule has 0 N–H and O–H groups in total. The van der Waals surface area contributed by atoms with Crippen LogP contribution in [-0.4, -0.2) is 29.9 Å². The van der Waals surface area contributed by atoms with E-state index in [-0.39, 0.29) is 12.0 Å². The molecule has 1 saturated carbocycles. The molecule has 0 spiro atoms. The Hall–Kier alpha value is -4.09. The number of benzene rings is 2. The van der Waals surface area contributed by atoms with E-state index in [4.69, 9.17) is 16.0 Å². The zero-order valence-electron chi connectivity index (χ0n) is 32.4. The summed E-state index contributed by atoms with van der Waals surface area (Å²) < 4.78 is 12.0. The molecule has 1 fully saturated rings. The third kappa shape index (κ3) is 6.03. The predicted octanol–water partition coefficient (Wildman–Crippen LogP) is 10.6. The molecule has 0 radical (unpaired) electrons. The van der Waals surface area contributed by atoms with Gasteiger partial charge in [0.15, 0.2) is 11.8 Å². The summed E-state index contributed by atoms with van der Waals surface area (Å²) in [4.78, 5) is 5.03. The molecule has 8 rings (SSSR count). The number of aromatic nitrogens is 2. The lowest BCUT2D eigenvalue weighted by Crippen LogP contribution is -2.55. The number of hydrogen-bond donors (Lipinski definition) is 0. The van der Waals surface area contributed by atoms with E-state index in [1.54, 1.807) is 10.8 Å². The minimum atomic E-state index is -1.68. The van der Waals surface area contributed by atoms with Crippen molar-refractivity contribution in [2.75, 3.05) is 6.54 Å². The second kappa shape index (κ2) is 13.7. The van der Waals surface area contributed by atoms with E-state index in [2.05, 4.69) is 123 Å². The van der Waals surface area contributed by atoms with Gasteiger partial charge in [-0.15, -0.1) is 0 Å². The molecule has 268 valence electrons. The van der Waals surface area contributed by atoms with Gasteiger partial charge in [-0.05, 0) is 79.0 Å². The smallest absolute Gasteiger partial charge is 0.247 e. The van der Waals surface area contributed by atoms with E-state index in [1.165, 1.54) is 54.5 Å². The van der Waals surface area contributed by atoms with Crippen LogP contribution in [0.3, 0.4) is 0 Å². The van der Waals surface area contributed by atoms with Crippen molar-refractivity contribution in [2.24, 2.45) is 11.8 Å². The number of pyridine rings is 2. The molecule has 0 bridgehead atoms. The first-order valence-corrected chi connectivity index (χ1v) is 23.5. The maximum absolute atomic E-state index is 6.82. The highest BCUT2D eigenvalue weighted by Crippen LogP contribution is 2.45. The fourth-order valence-electron chi connectivity index (χ4n) is 9.83. The topological polar surface area (TPSA) is 32.9 Å². The highest BCUT2D eigenvalue weighted by Gasteiger charge is 2.48. The van der Waals surface area contributed by atoms with Crippen molar-refractivity contribution in [1.82, 2.24) is 4.98 Å². The van der Waals surface area contributed by atoms with Crippen LogP contribution in [0.4, 0.5) is 0 Å². The summed E-state index contributed by atoms with van der Waals surface area (Å²) in [7, 11) is -1.68. The lowest BCUT2D eigenvalue weighted by atomic mass is 9.78. The molecule has 5 aromatic rings. The highest BCUT2D eigenvalue weighted by molar-refractivity contribution is 6.89. The van der Waals surface area contributed by atoms with E-state index in [0.717, 1.165) is 82.9 Å². The van der Waals surface area contributed by atoms with Gasteiger partial charge in [0, 0.05) is 45.8 Å². The number of furan rings is 1. The Labute approximate surface area is 312 Å². The molecule has 0 amide bonds. The quantitative estimate of drug-likeness (QED) is 0.119. The second-order valence-corrected chi connectivity index (χ2v) is 22.4. The predicted molar refractivity (Wildman–Crippen MR) is 220 cm³/mol. The molecule has 2 aliphatic heterocycles. The SMILES string of the molecule is C=C/C1=[N+](\CCC)C(=C)C2C(CCc3ccc4c(oc5nc(CC(C)C)ccc54)c31)c1ccccc1-c1cc(CC3CCCC3)c([Si](C)(C)C)c[n+]12. The maximum atomic E-state index is 6.82. The highest BCUT2D eigenvalue weighted by atomic mass is 28.3. The van der Waals surface area contributed by atoms with Crippen molar-refractivity contribution in [2.45, 2.75) is 110 Å². The fourth-order valence-corrected chi connectivity index (χ4v) is 11.5. The van der Waals surface area contributed by atoms with Crippen molar-refractivity contribution in [3.8, 4) is 11.3 Å². The lowest BCUT2D eigenvalue weighted by Gasteiger charge is -2.32. The lowest BCUT2D eigenvalue weighted by molar-refractivity contribution is -0.727. The van der Waals surface area contributed by atoms with Crippen molar-refractivity contribution in [3.63, 3.8) is 0 Å². The number of hydrogen-bond acceptors (Lipinski definition) is 2. The molecule has 3 aliphatic rings. The van der Waals surface area contributed by atoms with E-state index < -0.39 is 8.07 Å². The Morgan fingerprint density at radius 2 is 1.77 bits per heavy atom. The van der Waals surface area contributed by atoms with Crippen LogP contribution in [0.5, 0.6) is 0 Å². The van der Waals surface area contributed by atoms with Gasteiger partial charge in [-0.1, -0.05) is 103 Å². The van der Waals surface area contributed by atoms with Crippen LogP contribution in [0.2, 0.25) is 19.6 Å². The summed E-state index contributed by atoms with van der Waals surface area (Å²) in [5, 5.41) is 3.81. The molecular formula is C47H57N3OSi+2. The zero-order valence-corrected chi connectivity index (χ0v) is 33.4. The molecular weight excluding hydrogens is 651 g/mol. The molecule has 1 aliphatic carbocycles. The van der Waals surface area contributed by atoms with Gasteiger partial charge >= 0.3 is 0 Å². The van der Waals surface area contributed by atoms with E-state index in [1.807, 2.05) is 0 Å². The van der Waals surface area contributed by atoms with Crippen molar-refractivity contribution >= 4 is 41.0 Å². The Bertz CT molecular complexity index is 2240. The normalized spacial score (nSPS) is 20.7. The van der Waals surface area contributed by atoms with Gasteiger partial charge < -0.3 is 4.42 Å². The van der Waals surface area contributed by atoms with Crippen LogP contribution in [0.15, 0.2) is 90.1 Å². The van der Waals surface area contributed by atoms with Gasteiger partial charge in [0.1, 0.15) is 6.54 Å². The molecule has 2 unspecified atom stereocenters. The molecule has 5 heterocycles. The molecule has 3 aromatic heterocycles. The first-order chi connectivity index (χ1) is 25.1. The minimum absolute atomic E-state index is 0.0859. The molecule has 2 aromatic carbocycles. The van der Waals surface area contributed by atoms with Gasteiger partial charge in [0.2, 0.25) is 28.9 Å².